The number of para-hydroxylation sites is 5. The maximum absolute atomic E-state index is 5.52. The molecule has 1 aliphatic heterocycles. The van der Waals surface area contributed by atoms with Crippen molar-refractivity contribution in [3.8, 4) is 0 Å². The predicted molar refractivity (Wildman–Crippen MR) is 209 cm³/mol. The van der Waals surface area contributed by atoms with Gasteiger partial charge in [0.05, 0.1) is 33.1 Å². The highest BCUT2D eigenvalue weighted by Crippen LogP contribution is 2.36. The minimum atomic E-state index is -0.844. The van der Waals surface area contributed by atoms with Crippen LogP contribution in [0.15, 0.2) is 156 Å². The Morgan fingerprint density at radius 3 is 1.38 bits per heavy atom. The largest absolute Gasteiger partial charge is 0.289 e. The maximum Gasteiger partial charge on any atom is 0.239 e. The lowest BCUT2D eigenvalue weighted by molar-refractivity contribution is 1.19. The number of aliphatic imine (C=N–C) groups is 2. The molecule has 0 aliphatic carbocycles. The van der Waals surface area contributed by atoms with Gasteiger partial charge in [-0.3, -0.25) is 13.7 Å². The van der Waals surface area contributed by atoms with Gasteiger partial charge in [-0.1, -0.05) is 110 Å². The molecule has 222 valence electrons. The second-order valence-corrected chi connectivity index (χ2v) is 14.2. The lowest BCUT2D eigenvalue weighted by Gasteiger charge is -2.18. The van der Waals surface area contributed by atoms with E-state index in [1.165, 1.54) is 26.9 Å². The second kappa shape index (κ2) is 10.2. The molecule has 0 N–H and O–H groups in total. The van der Waals surface area contributed by atoms with Gasteiger partial charge in [0, 0.05) is 53.0 Å². The summed E-state index contributed by atoms with van der Waals surface area (Å²) in [6, 6.07) is 49.7. The van der Waals surface area contributed by atoms with Gasteiger partial charge in [0.2, 0.25) is 5.96 Å². The Morgan fingerprint density at radius 2 is 0.872 bits per heavy atom. The van der Waals surface area contributed by atoms with Crippen LogP contribution in [-0.2, 0) is 0 Å². The summed E-state index contributed by atoms with van der Waals surface area (Å²) < 4.78 is 9.07. The van der Waals surface area contributed by atoms with E-state index in [0.29, 0.717) is 5.96 Å². The van der Waals surface area contributed by atoms with Crippen LogP contribution in [0.1, 0.15) is 5.56 Å². The third kappa shape index (κ3) is 3.85. The number of rotatable bonds is 2. The normalized spacial score (nSPS) is 13.7. The molecule has 0 atom stereocenters. The Bertz CT molecular complexity index is 2650. The Labute approximate surface area is 279 Å². The fourth-order valence-corrected chi connectivity index (χ4v) is 9.79. The molecule has 1 aliphatic rings. The molecule has 9 aromatic rings. The van der Waals surface area contributed by atoms with Gasteiger partial charge < -0.3 is 0 Å². The third-order valence-electron chi connectivity index (χ3n) is 9.22. The summed E-state index contributed by atoms with van der Waals surface area (Å²) in [7, 11) is 0. The topological polar surface area (TPSA) is 39.5 Å². The summed E-state index contributed by atoms with van der Waals surface area (Å²) in [6.07, 6.45) is 1.90. The molecule has 0 spiro atoms. The van der Waals surface area contributed by atoms with Gasteiger partial charge >= 0.3 is 0 Å². The molecule has 47 heavy (non-hydrogen) atoms. The molecule has 4 heterocycles. The number of benzene rings is 6. The van der Waals surface area contributed by atoms with E-state index in [4.69, 9.17) is 9.98 Å². The van der Waals surface area contributed by atoms with Gasteiger partial charge in [0.1, 0.15) is 0 Å². The lowest BCUT2D eigenvalue weighted by atomic mass is 10.1. The minimum Gasteiger partial charge on any atom is -0.289 e. The predicted octanol–water partition coefficient (Wildman–Crippen LogP) is 10.4. The summed E-state index contributed by atoms with van der Waals surface area (Å²) in [6.45, 7) is 4.03. The highest BCUT2D eigenvalue weighted by atomic mass is 127. The van der Waals surface area contributed by atoms with E-state index in [-0.39, 0.29) is 0 Å². The average Bonchev–Trinajstić information content (AvgIpc) is 3.77. The van der Waals surface area contributed by atoms with E-state index < -0.39 is 20.7 Å². The SMILES string of the molecule is C=Cc1ccc2c(c1)c1ccccc1n2C1=NC(n2c3ccccc3c3ccccc32)=IC(n2c3ccccc3c3ccccc32)=N1. The van der Waals surface area contributed by atoms with Crippen LogP contribution in [0.3, 0.4) is 0 Å². The Hall–Kier alpha value is -5.60. The van der Waals surface area contributed by atoms with Crippen molar-refractivity contribution >= 4 is 106 Å². The van der Waals surface area contributed by atoms with Gasteiger partial charge in [0.15, 0.2) is 7.60 Å². The van der Waals surface area contributed by atoms with E-state index >= 15 is 0 Å². The van der Waals surface area contributed by atoms with Crippen LogP contribution in [0.25, 0.3) is 71.5 Å². The van der Waals surface area contributed by atoms with Crippen LogP contribution in [0.5, 0.6) is 0 Å². The van der Waals surface area contributed by atoms with Gasteiger partial charge in [-0.15, -0.1) is 0 Å². The summed E-state index contributed by atoms with van der Waals surface area (Å²) in [5.74, 6) is 0.669. The smallest absolute Gasteiger partial charge is 0.239 e. The zero-order chi connectivity index (χ0) is 31.1. The quantitative estimate of drug-likeness (QED) is 0.160. The van der Waals surface area contributed by atoms with Crippen molar-refractivity contribution in [2.75, 3.05) is 0 Å². The molecule has 0 amide bonds. The molecule has 6 heteroatoms. The highest BCUT2D eigenvalue weighted by Gasteiger charge is 2.24. The van der Waals surface area contributed by atoms with Crippen molar-refractivity contribution in [3.63, 3.8) is 0 Å². The molecule has 3 aromatic heterocycles. The zero-order valence-corrected chi connectivity index (χ0v) is 27.3. The Kier molecular flexibility index (Phi) is 5.77. The summed E-state index contributed by atoms with van der Waals surface area (Å²) in [4.78, 5) is 11.0. The number of hydrogen-bond donors (Lipinski definition) is 0. The molecule has 10 rings (SSSR count). The van der Waals surface area contributed by atoms with E-state index in [1.54, 1.807) is 0 Å². The number of fused-ring (bicyclic) bond motifs is 9. The molecule has 0 unspecified atom stereocenters. The summed E-state index contributed by atoms with van der Waals surface area (Å²) in [5, 5.41) is 7.24. The molecular formula is C41H26IN5. The van der Waals surface area contributed by atoms with Crippen molar-refractivity contribution < 1.29 is 0 Å². The first kappa shape index (κ1) is 26.6. The van der Waals surface area contributed by atoms with Crippen LogP contribution in [-0.4, -0.2) is 27.3 Å². The molecule has 0 saturated carbocycles. The van der Waals surface area contributed by atoms with Gasteiger partial charge in [0.25, 0.3) is 0 Å². The maximum atomic E-state index is 5.52. The summed E-state index contributed by atoms with van der Waals surface area (Å²) >= 11 is -0.844. The van der Waals surface area contributed by atoms with E-state index in [1.807, 2.05) is 6.08 Å². The lowest BCUT2D eigenvalue weighted by Crippen LogP contribution is -2.22. The standard InChI is InChI=1S/C41H26IN5/c1-2-26-23-24-38-32(25-26)31-17-7-12-22-37(31)47(38)41-43-39(45-33-18-8-3-13-27(33)28-14-4-9-19-34(28)45)42-40(44-41)46-35-20-10-5-15-29(35)30-16-6-11-21-36(30)46/h2-25H,1H2. The van der Waals surface area contributed by atoms with Crippen LogP contribution in [0.2, 0.25) is 0 Å². The molecule has 5 nitrogen and oxygen atoms in total. The Morgan fingerprint density at radius 1 is 0.447 bits per heavy atom. The van der Waals surface area contributed by atoms with Crippen LogP contribution in [0, 0.1) is 0 Å². The van der Waals surface area contributed by atoms with Crippen molar-refractivity contribution in [1.29, 1.82) is 0 Å². The third-order valence-corrected chi connectivity index (χ3v) is 11.6. The van der Waals surface area contributed by atoms with Crippen molar-refractivity contribution in [1.82, 2.24) is 13.7 Å². The highest BCUT2D eigenvalue weighted by molar-refractivity contribution is 14.2. The first-order valence-electron chi connectivity index (χ1n) is 15.6. The van der Waals surface area contributed by atoms with Gasteiger partial charge in [-0.25, -0.2) is 0 Å². The monoisotopic (exact) mass is 715 g/mol. The fraction of sp³-hybridized carbons (Fsp3) is 0. The molecule has 6 aromatic carbocycles. The second-order valence-electron chi connectivity index (χ2n) is 11.7. The zero-order valence-electron chi connectivity index (χ0n) is 25.2. The number of hydrogen-bond acceptors (Lipinski definition) is 2. The van der Waals surface area contributed by atoms with Gasteiger partial charge in [-0.2, -0.15) is 9.98 Å². The molecule has 0 bridgehead atoms. The average molecular weight is 716 g/mol. The number of aromatic nitrogens is 3. The number of halogens is 1. The Balaban J connectivity index is 1.34. The first-order valence-corrected chi connectivity index (χ1v) is 17.8. The first-order chi connectivity index (χ1) is 23.3. The van der Waals surface area contributed by atoms with E-state index in [0.717, 1.165) is 51.6 Å². The molecular weight excluding hydrogens is 689 g/mol. The van der Waals surface area contributed by atoms with E-state index in [9.17, 15) is 0 Å². The van der Waals surface area contributed by atoms with E-state index in [2.05, 4.69) is 160 Å². The van der Waals surface area contributed by atoms with Crippen molar-refractivity contribution in [2.24, 2.45) is 9.98 Å². The minimum absolute atomic E-state index is 0.669. The molecule has 0 radical (unpaired) electrons. The fourth-order valence-electron chi connectivity index (χ4n) is 7.17. The van der Waals surface area contributed by atoms with Crippen LogP contribution >= 0.6 is 20.7 Å². The van der Waals surface area contributed by atoms with Crippen molar-refractivity contribution in [3.05, 3.63) is 152 Å². The van der Waals surface area contributed by atoms with Crippen LogP contribution < -0.4 is 0 Å². The summed E-state index contributed by atoms with van der Waals surface area (Å²) in [5.41, 5.74) is 7.88. The van der Waals surface area contributed by atoms with Gasteiger partial charge in [-0.05, 0) is 48.0 Å². The molecule has 0 fully saturated rings. The van der Waals surface area contributed by atoms with Crippen molar-refractivity contribution in [2.45, 2.75) is 0 Å². The molecule has 0 saturated heterocycles. The number of nitrogens with zero attached hydrogens (tertiary/aromatic N) is 5. The van der Waals surface area contributed by atoms with Crippen LogP contribution in [0.4, 0.5) is 0 Å².